The Bertz CT molecular complexity index is 543. The molecule has 22 heavy (non-hydrogen) atoms. The number of aliphatic hydroxyl groups is 1. The Morgan fingerprint density at radius 2 is 2.32 bits per heavy atom. The molecule has 4 heteroatoms. The molecular weight excluding hydrogens is 278 g/mol. The van der Waals surface area contributed by atoms with Crippen molar-refractivity contribution in [1.29, 1.82) is 0 Å². The highest BCUT2D eigenvalue weighted by Crippen LogP contribution is 2.62. The monoisotopic (exact) mass is 303 g/mol. The predicted molar refractivity (Wildman–Crippen MR) is 83.9 cm³/mol. The molecule has 120 valence electrons. The van der Waals surface area contributed by atoms with Gasteiger partial charge in [-0.2, -0.15) is 0 Å². The van der Waals surface area contributed by atoms with Gasteiger partial charge in [0.2, 0.25) is 0 Å². The number of benzene rings is 1. The summed E-state index contributed by atoms with van der Waals surface area (Å²) < 4.78 is 11.2. The molecule has 4 nitrogen and oxygen atoms in total. The van der Waals surface area contributed by atoms with Gasteiger partial charge in [-0.3, -0.25) is 0 Å². The van der Waals surface area contributed by atoms with Gasteiger partial charge in [0, 0.05) is 30.5 Å². The van der Waals surface area contributed by atoms with Crippen LogP contribution in [-0.4, -0.2) is 37.5 Å². The lowest BCUT2D eigenvalue weighted by atomic mass is 9.46. The summed E-state index contributed by atoms with van der Waals surface area (Å²) in [5.74, 6) is 1.44. The fraction of sp³-hybridized carbons (Fsp3) is 0.667. The van der Waals surface area contributed by atoms with Crippen molar-refractivity contribution in [1.82, 2.24) is 5.32 Å². The first-order valence-corrected chi connectivity index (χ1v) is 8.41. The molecule has 0 radical (unpaired) electrons. The molecule has 0 bridgehead atoms. The lowest BCUT2D eigenvalue weighted by Crippen LogP contribution is -2.71. The van der Waals surface area contributed by atoms with Crippen molar-refractivity contribution in [3.8, 4) is 5.75 Å². The average Bonchev–Trinajstić information content (AvgIpc) is 2.91. The Labute approximate surface area is 131 Å². The molecule has 2 saturated carbocycles. The fourth-order valence-electron chi connectivity index (χ4n) is 4.77. The SMILES string of the molecule is COc1cccc([C@@H](O)CN[C@@H]2[C@H]3CCO[C@H]3C23CCC3)c1. The first kappa shape index (κ1) is 14.5. The first-order valence-electron chi connectivity index (χ1n) is 8.41. The molecule has 4 rings (SSSR count). The van der Waals surface area contributed by atoms with Crippen LogP contribution in [0.15, 0.2) is 24.3 Å². The zero-order valence-electron chi connectivity index (χ0n) is 13.1. The van der Waals surface area contributed by atoms with Crippen LogP contribution in [0, 0.1) is 11.3 Å². The van der Waals surface area contributed by atoms with Crippen LogP contribution in [0.4, 0.5) is 0 Å². The summed E-state index contributed by atoms with van der Waals surface area (Å²) in [6, 6.07) is 8.22. The summed E-state index contributed by atoms with van der Waals surface area (Å²) in [7, 11) is 1.65. The Morgan fingerprint density at radius 3 is 3.05 bits per heavy atom. The maximum Gasteiger partial charge on any atom is 0.119 e. The molecular formula is C18H25NO3. The molecule has 4 atom stereocenters. The standard InChI is InChI=1S/C18H25NO3/c1-21-13-5-2-4-12(10-13)15(20)11-19-16-14-6-9-22-17(14)18(16)7-3-8-18/h2,4-5,10,14-17,19-20H,3,6-9,11H2,1H3/t14-,15+,16-,17-/m1/s1. The molecule has 2 N–H and O–H groups in total. The molecule has 3 aliphatic rings. The fourth-order valence-corrected chi connectivity index (χ4v) is 4.77. The van der Waals surface area contributed by atoms with Gasteiger partial charge >= 0.3 is 0 Å². The normalized spacial score (nSPS) is 32.9. The molecule has 0 aromatic heterocycles. The zero-order valence-corrected chi connectivity index (χ0v) is 13.1. The number of fused-ring (bicyclic) bond motifs is 2. The quantitative estimate of drug-likeness (QED) is 0.876. The molecule has 1 aromatic rings. The van der Waals surface area contributed by atoms with Crippen molar-refractivity contribution in [3.63, 3.8) is 0 Å². The van der Waals surface area contributed by atoms with E-state index in [9.17, 15) is 5.11 Å². The molecule has 3 fully saturated rings. The molecule has 0 unspecified atom stereocenters. The number of methoxy groups -OCH3 is 1. The number of ether oxygens (including phenoxy) is 2. The third kappa shape index (κ3) is 2.08. The van der Waals surface area contributed by atoms with Crippen LogP contribution < -0.4 is 10.1 Å². The Balaban J connectivity index is 1.39. The van der Waals surface area contributed by atoms with Crippen molar-refractivity contribution in [3.05, 3.63) is 29.8 Å². The van der Waals surface area contributed by atoms with Crippen LogP contribution >= 0.6 is 0 Å². The first-order chi connectivity index (χ1) is 10.7. The second kappa shape index (κ2) is 5.52. The van der Waals surface area contributed by atoms with E-state index in [4.69, 9.17) is 9.47 Å². The van der Waals surface area contributed by atoms with Gasteiger partial charge in [-0.25, -0.2) is 0 Å². The number of hydrogen-bond acceptors (Lipinski definition) is 4. The van der Waals surface area contributed by atoms with Gasteiger partial charge in [0.1, 0.15) is 5.75 Å². The largest absolute Gasteiger partial charge is 0.497 e. The van der Waals surface area contributed by atoms with E-state index in [2.05, 4.69) is 5.32 Å². The van der Waals surface area contributed by atoms with E-state index in [1.165, 1.54) is 25.7 Å². The van der Waals surface area contributed by atoms with E-state index in [0.29, 0.717) is 30.0 Å². The highest BCUT2D eigenvalue weighted by atomic mass is 16.5. The highest BCUT2D eigenvalue weighted by molar-refractivity contribution is 5.30. The maximum absolute atomic E-state index is 10.5. The van der Waals surface area contributed by atoms with Gasteiger partial charge in [0.15, 0.2) is 0 Å². The van der Waals surface area contributed by atoms with Crippen LogP contribution in [-0.2, 0) is 4.74 Å². The van der Waals surface area contributed by atoms with Crippen molar-refractivity contribution < 1.29 is 14.6 Å². The number of hydrogen-bond donors (Lipinski definition) is 2. The van der Waals surface area contributed by atoms with Gasteiger partial charge in [-0.05, 0) is 37.0 Å². The molecule has 1 aliphatic heterocycles. The Kier molecular flexibility index (Phi) is 3.63. The second-order valence-electron chi connectivity index (χ2n) is 7.01. The summed E-state index contributed by atoms with van der Waals surface area (Å²) in [6.07, 6.45) is 5.03. The van der Waals surface area contributed by atoms with Crippen LogP contribution in [0.3, 0.4) is 0 Å². The minimum absolute atomic E-state index is 0.370. The lowest BCUT2D eigenvalue weighted by molar-refractivity contribution is -0.177. The smallest absolute Gasteiger partial charge is 0.119 e. The van der Waals surface area contributed by atoms with Gasteiger partial charge < -0.3 is 19.9 Å². The van der Waals surface area contributed by atoms with E-state index in [1.807, 2.05) is 24.3 Å². The molecule has 1 saturated heterocycles. The van der Waals surface area contributed by atoms with Crippen molar-refractivity contribution in [2.24, 2.45) is 11.3 Å². The molecule has 1 aromatic carbocycles. The van der Waals surface area contributed by atoms with Crippen LogP contribution in [0.1, 0.15) is 37.4 Å². The minimum Gasteiger partial charge on any atom is -0.497 e. The van der Waals surface area contributed by atoms with Crippen LogP contribution in [0.5, 0.6) is 5.75 Å². The molecule has 2 aliphatic carbocycles. The second-order valence-corrected chi connectivity index (χ2v) is 7.01. The summed E-state index contributed by atoms with van der Waals surface area (Å²) in [5, 5.41) is 14.1. The third-order valence-corrected chi connectivity index (χ3v) is 6.05. The van der Waals surface area contributed by atoms with E-state index in [1.54, 1.807) is 7.11 Å². The highest BCUT2D eigenvalue weighted by Gasteiger charge is 2.66. The van der Waals surface area contributed by atoms with Gasteiger partial charge in [0.25, 0.3) is 0 Å². The van der Waals surface area contributed by atoms with Crippen LogP contribution in [0.25, 0.3) is 0 Å². The summed E-state index contributed by atoms with van der Waals surface area (Å²) in [6.45, 7) is 1.51. The minimum atomic E-state index is -0.492. The summed E-state index contributed by atoms with van der Waals surface area (Å²) >= 11 is 0. The van der Waals surface area contributed by atoms with Crippen molar-refractivity contribution in [2.75, 3.05) is 20.3 Å². The zero-order chi connectivity index (χ0) is 15.2. The topological polar surface area (TPSA) is 50.7 Å². The van der Waals surface area contributed by atoms with E-state index >= 15 is 0 Å². The summed E-state index contributed by atoms with van der Waals surface area (Å²) in [4.78, 5) is 0. The summed E-state index contributed by atoms with van der Waals surface area (Å²) in [5.41, 5.74) is 1.28. The van der Waals surface area contributed by atoms with Crippen molar-refractivity contribution in [2.45, 2.75) is 43.9 Å². The number of nitrogens with one attached hydrogen (secondary N) is 1. The Morgan fingerprint density at radius 1 is 1.45 bits per heavy atom. The Hall–Kier alpha value is -1.10. The van der Waals surface area contributed by atoms with Gasteiger partial charge in [0.05, 0.1) is 19.3 Å². The molecule has 1 spiro atoms. The molecule has 0 amide bonds. The number of rotatable bonds is 5. The average molecular weight is 303 g/mol. The van der Waals surface area contributed by atoms with E-state index in [0.717, 1.165) is 17.9 Å². The maximum atomic E-state index is 10.5. The van der Waals surface area contributed by atoms with Crippen LogP contribution in [0.2, 0.25) is 0 Å². The lowest BCUT2D eigenvalue weighted by Gasteiger charge is -2.63. The van der Waals surface area contributed by atoms with E-state index in [-0.39, 0.29) is 0 Å². The number of aliphatic hydroxyl groups excluding tert-OH is 1. The third-order valence-electron chi connectivity index (χ3n) is 6.05. The predicted octanol–water partition coefficient (Wildman–Crippen LogP) is 2.28. The van der Waals surface area contributed by atoms with Gasteiger partial charge in [-0.15, -0.1) is 0 Å². The molecule has 1 heterocycles. The van der Waals surface area contributed by atoms with Crippen molar-refractivity contribution >= 4 is 0 Å². The van der Waals surface area contributed by atoms with Gasteiger partial charge in [-0.1, -0.05) is 18.6 Å². The van der Waals surface area contributed by atoms with E-state index < -0.39 is 6.10 Å².